The standard InChI is InChI=1S/C24H28N2O3S/c1-29-19-13-11-17(12-14-19)22-15-24(28)26(20-9-5-6-10-21(20)30-22)16-23(27)25-18-7-3-2-4-8-18/h5-6,9-14,18,22H,2-4,7-8,15-16H2,1H3,(H,25,27)/t22-/m0/s1. The minimum atomic E-state index is -0.0713. The molecule has 2 aromatic rings. The molecule has 0 spiro atoms. The van der Waals surface area contributed by atoms with Crippen LogP contribution in [-0.4, -0.2) is 31.5 Å². The van der Waals surface area contributed by atoms with Crippen LogP contribution in [0.25, 0.3) is 0 Å². The van der Waals surface area contributed by atoms with Gasteiger partial charge in [0.05, 0.1) is 12.8 Å². The first-order valence-electron chi connectivity index (χ1n) is 10.6. The smallest absolute Gasteiger partial charge is 0.240 e. The molecule has 2 amide bonds. The zero-order chi connectivity index (χ0) is 20.9. The van der Waals surface area contributed by atoms with E-state index in [1.807, 2.05) is 48.5 Å². The maximum atomic E-state index is 13.2. The summed E-state index contributed by atoms with van der Waals surface area (Å²) >= 11 is 1.68. The van der Waals surface area contributed by atoms with E-state index in [0.29, 0.717) is 6.42 Å². The van der Waals surface area contributed by atoms with Crippen LogP contribution in [0, 0.1) is 0 Å². The molecule has 0 saturated heterocycles. The van der Waals surface area contributed by atoms with Gasteiger partial charge in [-0.05, 0) is 42.7 Å². The summed E-state index contributed by atoms with van der Waals surface area (Å²) in [7, 11) is 1.64. The van der Waals surface area contributed by atoms with Gasteiger partial charge in [-0.1, -0.05) is 43.5 Å². The van der Waals surface area contributed by atoms with Gasteiger partial charge in [-0.2, -0.15) is 0 Å². The number of para-hydroxylation sites is 1. The highest BCUT2D eigenvalue weighted by Crippen LogP contribution is 2.45. The molecule has 1 fully saturated rings. The van der Waals surface area contributed by atoms with Crippen molar-refractivity contribution in [3.63, 3.8) is 0 Å². The molecule has 0 bridgehead atoms. The normalized spacial score (nSPS) is 19.7. The third kappa shape index (κ3) is 4.81. The fourth-order valence-electron chi connectivity index (χ4n) is 4.22. The number of fused-ring (bicyclic) bond motifs is 1. The Bertz CT molecular complexity index is 894. The Morgan fingerprint density at radius 2 is 1.83 bits per heavy atom. The van der Waals surface area contributed by atoms with E-state index in [1.165, 1.54) is 6.42 Å². The summed E-state index contributed by atoms with van der Waals surface area (Å²) in [6.07, 6.45) is 5.99. The zero-order valence-corrected chi connectivity index (χ0v) is 18.1. The zero-order valence-electron chi connectivity index (χ0n) is 17.3. The molecule has 1 N–H and O–H groups in total. The van der Waals surface area contributed by atoms with Crippen molar-refractivity contribution >= 4 is 29.3 Å². The van der Waals surface area contributed by atoms with Gasteiger partial charge in [-0.25, -0.2) is 0 Å². The van der Waals surface area contributed by atoms with E-state index < -0.39 is 0 Å². The molecule has 0 aromatic heterocycles. The summed E-state index contributed by atoms with van der Waals surface area (Å²) in [4.78, 5) is 28.6. The van der Waals surface area contributed by atoms with Gasteiger partial charge in [0.15, 0.2) is 0 Å². The van der Waals surface area contributed by atoms with Gasteiger partial charge in [0.2, 0.25) is 11.8 Å². The molecule has 5 nitrogen and oxygen atoms in total. The van der Waals surface area contributed by atoms with E-state index in [0.717, 1.165) is 47.6 Å². The van der Waals surface area contributed by atoms with Gasteiger partial charge in [0, 0.05) is 22.6 Å². The number of rotatable bonds is 5. The van der Waals surface area contributed by atoms with Crippen molar-refractivity contribution < 1.29 is 14.3 Å². The topological polar surface area (TPSA) is 58.6 Å². The van der Waals surface area contributed by atoms with E-state index >= 15 is 0 Å². The van der Waals surface area contributed by atoms with Crippen LogP contribution in [0.1, 0.15) is 49.3 Å². The highest BCUT2D eigenvalue weighted by atomic mass is 32.2. The Hall–Kier alpha value is -2.47. The number of nitrogens with one attached hydrogen (secondary N) is 1. The minimum absolute atomic E-state index is 0.00374. The summed E-state index contributed by atoms with van der Waals surface area (Å²) < 4.78 is 5.26. The van der Waals surface area contributed by atoms with Crippen molar-refractivity contribution in [2.24, 2.45) is 0 Å². The minimum Gasteiger partial charge on any atom is -0.497 e. The second kappa shape index (κ2) is 9.56. The second-order valence-electron chi connectivity index (χ2n) is 7.93. The van der Waals surface area contributed by atoms with Crippen molar-refractivity contribution in [3.05, 3.63) is 54.1 Å². The first kappa shape index (κ1) is 20.8. The van der Waals surface area contributed by atoms with Crippen LogP contribution >= 0.6 is 11.8 Å². The van der Waals surface area contributed by atoms with Crippen molar-refractivity contribution in [1.29, 1.82) is 0 Å². The van der Waals surface area contributed by atoms with Crippen molar-refractivity contribution in [2.75, 3.05) is 18.6 Å². The lowest BCUT2D eigenvalue weighted by Gasteiger charge is -2.26. The molecule has 2 aromatic carbocycles. The predicted molar refractivity (Wildman–Crippen MR) is 120 cm³/mol. The molecule has 1 aliphatic heterocycles. The third-order valence-electron chi connectivity index (χ3n) is 5.85. The first-order chi connectivity index (χ1) is 14.6. The first-order valence-corrected chi connectivity index (χ1v) is 11.5. The number of carbonyl (C=O) groups excluding carboxylic acids is 2. The van der Waals surface area contributed by atoms with Crippen LogP contribution in [0.3, 0.4) is 0 Å². The Labute approximate surface area is 182 Å². The van der Waals surface area contributed by atoms with Gasteiger partial charge in [-0.3, -0.25) is 9.59 Å². The van der Waals surface area contributed by atoms with Gasteiger partial charge < -0.3 is 15.0 Å². The SMILES string of the molecule is COc1ccc([C@@H]2CC(=O)N(CC(=O)NC3CCCCC3)c3ccccc3S2)cc1. The summed E-state index contributed by atoms with van der Waals surface area (Å²) in [6, 6.07) is 16.0. The number of methoxy groups -OCH3 is 1. The number of carbonyl (C=O) groups is 2. The predicted octanol–water partition coefficient (Wildman–Crippen LogP) is 4.71. The van der Waals surface area contributed by atoms with Crippen LogP contribution < -0.4 is 15.0 Å². The molecule has 0 radical (unpaired) electrons. The van der Waals surface area contributed by atoms with Crippen LogP contribution in [-0.2, 0) is 9.59 Å². The maximum absolute atomic E-state index is 13.2. The van der Waals surface area contributed by atoms with E-state index in [2.05, 4.69) is 5.32 Å². The number of thioether (sulfide) groups is 1. The van der Waals surface area contributed by atoms with Gasteiger partial charge in [0.1, 0.15) is 12.3 Å². The highest BCUT2D eigenvalue weighted by Gasteiger charge is 2.30. The van der Waals surface area contributed by atoms with Crippen LogP contribution in [0.4, 0.5) is 5.69 Å². The Morgan fingerprint density at radius 1 is 1.10 bits per heavy atom. The Kier molecular flexibility index (Phi) is 6.62. The van der Waals surface area contributed by atoms with E-state index in [9.17, 15) is 9.59 Å². The van der Waals surface area contributed by atoms with Gasteiger partial charge in [0.25, 0.3) is 0 Å². The molecular weight excluding hydrogens is 396 g/mol. The molecular formula is C24H28N2O3S. The largest absolute Gasteiger partial charge is 0.497 e. The fourth-order valence-corrected chi connectivity index (χ4v) is 5.50. The molecule has 6 heteroatoms. The fraction of sp³-hybridized carbons (Fsp3) is 0.417. The van der Waals surface area contributed by atoms with Crippen LogP contribution in [0.2, 0.25) is 0 Å². The quantitative estimate of drug-likeness (QED) is 0.755. The molecule has 1 heterocycles. The Morgan fingerprint density at radius 3 is 2.57 bits per heavy atom. The number of amides is 2. The van der Waals surface area contributed by atoms with Crippen molar-refractivity contribution in [2.45, 2.75) is 54.7 Å². The number of hydrogen-bond donors (Lipinski definition) is 1. The Balaban J connectivity index is 1.53. The lowest BCUT2D eigenvalue weighted by molar-refractivity contribution is -0.124. The van der Waals surface area contributed by atoms with Gasteiger partial charge >= 0.3 is 0 Å². The molecule has 1 aliphatic carbocycles. The molecule has 30 heavy (non-hydrogen) atoms. The van der Waals surface area contributed by atoms with E-state index in [4.69, 9.17) is 4.74 Å². The summed E-state index contributed by atoms with van der Waals surface area (Å²) in [5.74, 6) is 0.704. The number of benzene rings is 2. The molecule has 1 saturated carbocycles. The maximum Gasteiger partial charge on any atom is 0.240 e. The van der Waals surface area contributed by atoms with E-state index in [1.54, 1.807) is 23.8 Å². The molecule has 4 rings (SSSR count). The molecule has 1 atom stereocenters. The van der Waals surface area contributed by atoms with Crippen LogP contribution in [0.15, 0.2) is 53.4 Å². The van der Waals surface area contributed by atoms with Crippen molar-refractivity contribution in [3.8, 4) is 5.75 Å². The molecule has 0 unspecified atom stereocenters. The summed E-state index contributed by atoms with van der Waals surface area (Å²) in [5, 5.41) is 3.14. The monoisotopic (exact) mass is 424 g/mol. The van der Waals surface area contributed by atoms with Crippen LogP contribution in [0.5, 0.6) is 5.75 Å². The lowest BCUT2D eigenvalue weighted by Crippen LogP contribution is -2.45. The number of anilines is 1. The average Bonchev–Trinajstić information content (AvgIpc) is 2.91. The van der Waals surface area contributed by atoms with Crippen molar-refractivity contribution in [1.82, 2.24) is 5.32 Å². The van der Waals surface area contributed by atoms with E-state index in [-0.39, 0.29) is 29.7 Å². The second-order valence-corrected chi connectivity index (χ2v) is 9.18. The average molecular weight is 425 g/mol. The number of nitrogens with zero attached hydrogens (tertiary/aromatic N) is 1. The highest BCUT2D eigenvalue weighted by molar-refractivity contribution is 7.99. The van der Waals surface area contributed by atoms with Gasteiger partial charge in [-0.15, -0.1) is 11.8 Å². The molecule has 158 valence electrons. The summed E-state index contributed by atoms with van der Waals surface area (Å²) in [6.45, 7) is 0.0717. The number of hydrogen-bond acceptors (Lipinski definition) is 4. The lowest BCUT2D eigenvalue weighted by atomic mass is 9.95. The summed E-state index contributed by atoms with van der Waals surface area (Å²) in [5.41, 5.74) is 1.90. The third-order valence-corrected chi connectivity index (χ3v) is 7.17. The molecule has 2 aliphatic rings. The number of ether oxygens (including phenoxy) is 1.